The summed E-state index contributed by atoms with van der Waals surface area (Å²) in [6.07, 6.45) is 3.65. The molecule has 0 saturated carbocycles. The number of rotatable bonds is 3. The van der Waals surface area contributed by atoms with Gasteiger partial charge < -0.3 is 5.32 Å². The summed E-state index contributed by atoms with van der Waals surface area (Å²) >= 11 is 8.22. The molecule has 0 spiro atoms. The zero-order valence-corrected chi connectivity index (χ0v) is 13.8. The van der Waals surface area contributed by atoms with E-state index in [1.807, 2.05) is 20.2 Å². The Morgan fingerprint density at radius 3 is 2.78 bits per heavy atom. The first-order valence-corrected chi connectivity index (χ1v) is 7.62. The third-order valence-electron chi connectivity index (χ3n) is 2.47. The van der Waals surface area contributed by atoms with Crippen LogP contribution >= 0.6 is 43.2 Å². The molecular formula is C11H11Br2N3OS. The van der Waals surface area contributed by atoms with E-state index in [-0.39, 0.29) is 11.9 Å². The van der Waals surface area contributed by atoms with Crippen molar-refractivity contribution in [3.63, 3.8) is 0 Å². The van der Waals surface area contributed by atoms with E-state index in [2.05, 4.69) is 42.3 Å². The van der Waals surface area contributed by atoms with E-state index in [1.165, 1.54) is 11.3 Å². The number of carbonyl (C=O) groups excluding carboxylic acids is 1. The van der Waals surface area contributed by atoms with E-state index in [0.717, 1.165) is 13.1 Å². The van der Waals surface area contributed by atoms with Gasteiger partial charge in [-0.05, 0) is 44.8 Å². The maximum absolute atomic E-state index is 12.1. The smallest absolute Gasteiger partial charge is 0.253 e. The van der Waals surface area contributed by atoms with Gasteiger partial charge in [0.1, 0.15) is 0 Å². The lowest BCUT2D eigenvalue weighted by Crippen LogP contribution is -2.26. The highest BCUT2D eigenvalue weighted by molar-refractivity contribution is 9.12. The fraction of sp³-hybridized carbons (Fsp3) is 0.273. The largest absolute Gasteiger partial charge is 0.345 e. The zero-order valence-electron chi connectivity index (χ0n) is 9.78. The molecule has 4 nitrogen and oxygen atoms in total. The van der Waals surface area contributed by atoms with Crippen molar-refractivity contribution >= 4 is 49.1 Å². The number of halogens is 2. The van der Waals surface area contributed by atoms with Crippen LogP contribution in [0.15, 0.2) is 26.0 Å². The Hall–Kier alpha value is -0.660. The maximum Gasteiger partial charge on any atom is 0.253 e. The van der Waals surface area contributed by atoms with Crippen LogP contribution in [0.25, 0.3) is 0 Å². The van der Waals surface area contributed by atoms with E-state index >= 15 is 0 Å². The number of nitrogens with zero attached hydrogens (tertiary/aromatic N) is 2. The van der Waals surface area contributed by atoms with Gasteiger partial charge >= 0.3 is 0 Å². The maximum atomic E-state index is 12.1. The van der Waals surface area contributed by atoms with Gasteiger partial charge in [-0.25, -0.2) is 0 Å². The number of aromatic nitrogens is 2. The van der Waals surface area contributed by atoms with Crippen LogP contribution in [-0.2, 0) is 7.05 Å². The van der Waals surface area contributed by atoms with Crippen LogP contribution in [0.1, 0.15) is 28.9 Å². The third-order valence-corrected chi connectivity index (χ3v) is 4.81. The van der Waals surface area contributed by atoms with Gasteiger partial charge in [-0.3, -0.25) is 9.48 Å². The van der Waals surface area contributed by atoms with Crippen molar-refractivity contribution in [1.29, 1.82) is 0 Å². The van der Waals surface area contributed by atoms with Crippen LogP contribution in [-0.4, -0.2) is 15.7 Å². The molecule has 0 radical (unpaired) electrons. The third kappa shape index (κ3) is 3.02. The predicted molar refractivity (Wildman–Crippen MR) is 78.8 cm³/mol. The van der Waals surface area contributed by atoms with Crippen molar-refractivity contribution in [1.82, 2.24) is 15.1 Å². The summed E-state index contributed by atoms with van der Waals surface area (Å²) in [4.78, 5) is 12.1. The molecule has 0 saturated heterocycles. The minimum atomic E-state index is -0.0971. The van der Waals surface area contributed by atoms with Gasteiger partial charge in [-0.1, -0.05) is 0 Å². The van der Waals surface area contributed by atoms with Crippen molar-refractivity contribution in [2.24, 2.45) is 7.05 Å². The van der Waals surface area contributed by atoms with Crippen LogP contribution < -0.4 is 5.32 Å². The minimum absolute atomic E-state index is 0.0724. The summed E-state index contributed by atoms with van der Waals surface area (Å²) in [7, 11) is 1.85. The molecule has 0 aromatic carbocycles. The Balaban J connectivity index is 2.10. The van der Waals surface area contributed by atoms with Crippen molar-refractivity contribution in [3.8, 4) is 0 Å². The summed E-state index contributed by atoms with van der Waals surface area (Å²) in [5, 5.41) is 7.03. The molecule has 18 heavy (non-hydrogen) atoms. The summed E-state index contributed by atoms with van der Waals surface area (Å²) in [6.45, 7) is 1.93. The lowest BCUT2D eigenvalue weighted by atomic mass is 10.2. The molecule has 0 aliphatic heterocycles. The van der Waals surface area contributed by atoms with Crippen molar-refractivity contribution in [2.75, 3.05) is 0 Å². The molecule has 0 aliphatic carbocycles. The first-order chi connectivity index (χ1) is 8.47. The van der Waals surface area contributed by atoms with Gasteiger partial charge in [0.2, 0.25) is 0 Å². The summed E-state index contributed by atoms with van der Waals surface area (Å²) in [6, 6.07) is 1.73. The first kappa shape index (κ1) is 13.8. The van der Waals surface area contributed by atoms with Crippen LogP contribution in [0.4, 0.5) is 0 Å². The first-order valence-electron chi connectivity index (χ1n) is 5.21. The SMILES string of the molecule is CC(NC(=O)c1cc(Br)sc1Br)c1cnn(C)c1. The summed E-state index contributed by atoms with van der Waals surface area (Å²) in [5.41, 5.74) is 1.62. The molecule has 0 aliphatic rings. The molecule has 1 atom stereocenters. The highest BCUT2D eigenvalue weighted by Gasteiger charge is 2.17. The lowest BCUT2D eigenvalue weighted by Gasteiger charge is -2.11. The van der Waals surface area contributed by atoms with Gasteiger partial charge in [0.15, 0.2) is 0 Å². The van der Waals surface area contributed by atoms with E-state index in [0.29, 0.717) is 5.56 Å². The Bertz CT molecular complexity index is 579. The summed E-state index contributed by atoms with van der Waals surface area (Å²) in [5.74, 6) is -0.0971. The average molecular weight is 393 g/mol. The molecule has 2 rings (SSSR count). The summed E-state index contributed by atoms with van der Waals surface area (Å²) < 4.78 is 3.47. The molecule has 96 valence electrons. The number of hydrogen-bond donors (Lipinski definition) is 1. The molecule has 7 heteroatoms. The van der Waals surface area contributed by atoms with Crippen LogP contribution in [0.3, 0.4) is 0 Å². The fourth-order valence-corrected chi connectivity index (χ4v) is 4.31. The molecule has 1 amide bonds. The second kappa shape index (κ2) is 5.54. The van der Waals surface area contributed by atoms with Gasteiger partial charge in [0.25, 0.3) is 5.91 Å². The number of carbonyl (C=O) groups is 1. The van der Waals surface area contributed by atoms with E-state index in [4.69, 9.17) is 0 Å². The molecule has 1 unspecified atom stereocenters. The average Bonchev–Trinajstić information content (AvgIpc) is 2.84. The van der Waals surface area contributed by atoms with Gasteiger partial charge in [-0.2, -0.15) is 5.10 Å². The molecule has 0 fully saturated rings. The number of thiophene rings is 1. The van der Waals surface area contributed by atoms with E-state index in [9.17, 15) is 4.79 Å². The van der Waals surface area contributed by atoms with Gasteiger partial charge in [0, 0.05) is 18.8 Å². The van der Waals surface area contributed by atoms with Crippen LogP contribution in [0.2, 0.25) is 0 Å². The van der Waals surface area contributed by atoms with E-state index < -0.39 is 0 Å². The van der Waals surface area contributed by atoms with Crippen molar-refractivity contribution in [3.05, 3.63) is 37.2 Å². The van der Waals surface area contributed by atoms with E-state index in [1.54, 1.807) is 16.9 Å². The number of amides is 1. The van der Waals surface area contributed by atoms with Crippen molar-refractivity contribution < 1.29 is 4.79 Å². The normalized spacial score (nSPS) is 12.4. The Labute approximate surface area is 126 Å². The molecule has 2 aromatic rings. The topological polar surface area (TPSA) is 46.9 Å². The number of aryl methyl sites for hydroxylation is 1. The fourth-order valence-electron chi connectivity index (χ4n) is 1.52. The molecular weight excluding hydrogens is 382 g/mol. The van der Waals surface area contributed by atoms with Gasteiger partial charge in [0.05, 0.1) is 25.4 Å². The number of nitrogens with one attached hydrogen (secondary N) is 1. The van der Waals surface area contributed by atoms with Crippen molar-refractivity contribution in [2.45, 2.75) is 13.0 Å². The van der Waals surface area contributed by atoms with Gasteiger partial charge in [-0.15, -0.1) is 11.3 Å². The molecule has 2 heterocycles. The Morgan fingerprint density at radius 2 is 2.28 bits per heavy atom. The highest BCUT2D eigenvalue weighted by Crippen LogP contribution is 2.32. The predicted octanol–water partition coefficient (Wildman–Crippen LogP) is 3.50. The Kier molecular flexibility index (Phi) is 4.24. The standard InChI is InChI=1S/C11H11Br2N3OS/c1-6(7-4-14-16(2)5-7)15-11(17)8-3-9(12)18-10(8)13/h3-6H,1-2H3,(H,15,17). The lowest BCUT2D eigenvalue weighted by molar-refractivity contribution is 0.0939. The Morgan fingerprint density at radius 1 is 1.56 bits per heavy atom. The molecule has 0 bridgehead atoms. The monoisotopic (exact) mass is 391 g/mol. The minimum Gasteiger partial charge on any atom is -0.345 e. The zero-order chi connectivity index (χ0) is 13.3. The quantitative estimate of drug-likeness (QED) is 0.868. The molecule has 2 aromatic heterocycles. The number of hydrogen-bond acceptors (Lipinski definition) is 3. The molecule has 1 N–H and O–H groups in total. The van der Waals surface area contributed by atoms with Crippen LogP contribution in [0.5, 0.6) is 0 Å². The second-order valence-corrected chi connectivity index (χ2v) is 7.63. The van der Waals surface area contributed by atoms with Crippen LogP contribution in [0, 0.1) is 0 Å². The second-order valence-electron chi connectivity index (χ2n) is 3.88. The highest BCUT2D eigenvalue weighted by atomic mass is 79.9.